The molecule has 3 fully saturated rings. The first kappa shape index (κ1) is 27.4. The minimum absolute atomic E-state index is 0.0116. The van der Waals surface area contributed by atoms with E-state index in [2.05, 4.69) is 30.7 Å². The van der Waals surface area contributed by atoms with Gasteiger partial charge in [0, 0.05) is 43.7 Å². The van der Waals surface area contributed by atoms with Crippen molar-refractivity contribution < 1.29 is 28.0 Å². The molecule has 216 valence electrons. The van der Waals surface area contributed by atoms with E-state index >= 15 is 0 Å². The molecule has 1 saturated heterocycles. The zero-order valence-corrected chi connectivity index (χ0v) is 22.7. The SMILES string of the molecule is CC1(O)CCC(N2CC(CC(=O)NC3(c4ncccn4)CC3)(NC(=O)c3cc(-c4ccc(F)cc4F)on3)C2)CC1. The highest BCUT2D eigenvalue weighted by Crippen LogP contribution is 2.44. The molecule has 0 spiro atoms. The second-order valence-corrected chi connectivity index (χ2v) is 11.9. The fraction of sp³-hybridized carbons (Fsp3) is 0.483. The number of hydrogen-bond acceptors (Lipinski definition) is 8. The lowest BCUT2D eigenvalue weighted by Gasteiger charge is -2.54. The number of carbonyl (C=O) groups excluding carboxylic acids is 2. The van der Waals surface area contributed by atoms with E-state index in [1.807, 2.05) is 6.92 Å². The molecule has 1 aromatic carbocycles. The summed E-state index contributed by atoms with van der Waals surface area (Å²) in [5.41, 5.74) is -2.23. The van der Waals surface area contributed by atoms with Gasteiger partial charge in [-0.05, 0) is 63.6 Å². The molecular formula is C29H32F2N6O4. The molecule has 41 heavy (non-hydrogen) atoms. The highest BCUT2D eigenvalue weighted by atomic mass is 19.1. The van der Waals surface area contributed by atoms with Gasteiger partial charge in [-0.15, -0.1) is 0 Å². The van der Waals surface area contributed by atoms with Crippen LogP contribution >= 0.6 is 0 Å². The van der Waals surface area contributed by atoms with Crippen molar-refractivity contribution in [1.82, 2.24) is 30.7 Å². The van der Waals surface area contributed by atoms with E-state index in [1.54, 1.807) is 18.5 Å². The van der Waals surface area contributed by atoms with E-state index in [4.69, 9.17) is 4.52 Å². The number of nitrogens with zero attached hydrogens (tertiary/aromatic N) is 4. The topological polar surface area (TPSA) is 133 Å². The zero-order valence-electron chi connectivity index (χ0n) is 22.7. The Balaban J connectivity index is 1.17. The molecule has 12 heteroatoms. The normalized spacial score (nSPS) is 24.7. The lowest BCUT2D eigenvalue weighted by molar-refractivity contribution is -0.126. The second-order valence-electron chi connectivity index (χ2n) is 11.9. The van der Waals surface area contributed by atoms with Gasteiger partial charge in [0.05, 0.1) is 28.7 Å². The van der Waals surface area contributed by atoms with Gasteiger partial charge in [-0.25, -0.2) is 18.7 Å². The number of aromatic nitrogens is 3. The highest BCUT2D eigenvalue weighted by Gasteiger charge is 2.52. The van der Waals surface area contributed by atoms with E-state index in [1.165, 1.54) is 12.1 Å². The van der Waals surface area contributed by atoms with Crippen LogP contribution in [-0.2, 0) is 10.3 Å². The van der Waals surface area contributed by atoms with E-state index in [0.717, 1.165) is 37.8 Å². The Morgan fingerprint density at radius 2 is 1.78 bits per heavy atom. The molecule has 0 atom stereocenters. The third-order valence-corrected chi connectivity index (χ3v) is 8.50. The summed E-state index contributed by atoms with van der Waals surface area (Å²) in [4.78, 5) is 37.5. The smallest absolute Gasteiger partial charge is 0.274 e. The molecular weight excluding hydrogens is 534 g/mol. The van der Waals surface area contributed by atoms with Crippen LogP contribution in [-0.4, -0.2) is 67.2 Å². The number of benzene rings is 1. The molecule has 6 rings (SSSR count). The van der Waals surface area contributed by atoms with Crippen LogP contribution in [0.3, 0.4) is 0 Å². The molecule has 0 radical (unpaired) electrons. The van der Waals surface area contributed by atoms with Gasteiger partial charge in [0.15, 0.2) is 17.3 Å². The first-order valence-electron chi connectivity index (χ1n) is 13.9. The largest absolute Gasteiger partial charge is 0.390 e. The predicted octanol–water partition coefficient (Wildman–Crippen LogP) is 3.08. The Morgan fingerprint density at radius 1 is 1.07 bits per heavy atom. The van der Waals surface area contributed by atoms with Crippen LogP contribution in [0.4, 0.5) is 8.78 Å². The number of rotatable bonds is 8. The van der Waals surface area contributed by atoms with Gasteiger partial charge in [-0.3, -0.25) is 14.5 Å². The highest BCUT2D eigenvalue weighted by molar-refractivity contribution is 5.94. The molecule has 2 aromatic heterocycles. The Hall–Kier alpha value is -3.77. The van der Waals surface area contributed by atoms with Crippen LogP contribution in [0, 0.1) is 11.6 Å². The van der Waals surface area contributed by atoms with Crippen LogP contribution < -0.4 is 10.6 Å². The average molecular weight is 567 g/mol. The van der Waals surface area contributed by atoms with Gasteiger partial charge in [0.25, 0.3) is 5.91 Å². The molecule has 10 nitrogen and oxygen atoms in total. The molecule has 0 bridgehead atoms. The molecule has 0 unspecified atom stereocenters. The Bertz CT molecular complexity index is 1440. The lowest BCUT2D eigenvalue weighted by atomic mass is 9.78. The maximum Gasteiger partial charge on any atom is 0.274 e. The summed E-state index contributed by atoms with van der Waals surface area (Å²) in [5.74, 6) is -1.79. The van der Waals surface area contributed by atoms with E-state index in [0.29, 0.717) is 31.8 Å². The number of amides is 2. The first-order valence-corrected chi connectivity index (χ1v) is 13.9. The molecule has 2 saturated carbocycles. The minimum Gasteiger partial charge on any atom is -0.390 e. The summed E-state index contributed by atoms with van der Waals surface area (Å²) in [7, 11) is 0. The van der Waals surface area contributed by atoms with Gasteiger partial charge in [0.2, 0.25) is 5.91 Å². The quantitative estimate of drug-likeness (QED) is 0.379. The molecule has 3 aromatic rings. The number of halogens is 2. The van der Waals surface area contributed by atoms with Crippen LogP contribution in [0.5, 0.6) is 0 Å². The van der Waals surface area contributed by atoms with Crippen LogP contribution in [0.25, 0.3) is 11.3 Å². The van der Waals surface area contributed by atoms with Gasteiger partial charge >= 0.3 is 0 Å². The van der Waals surface area contributed by atoms with Crippen LogP contribution in [0.1, 0.15) is 68.2 Å². The molecule has 2 aliphatic carbocycles. The van der Waals surface area contributed by atoms with Crippen molar-refractivity contribution in [2.24, 2.45) is 0 Å². The monoisotopic (exact) mass is 566 g/mol. The van der Waals surface area contributed by atoms with Gasteiger partial charge in [-0.1, -0.05) is 5.16 Å². The third-order valence-electron chi connectivity index (χ3n) is 8.50. The Labute approximate surface area is 235 Å². The van der Waals surface area contributed by atoms with Gasteiger partial charge in [-0.2, -0.15) is 0 Å². The van der Waals surface area contributed by atoms with Crippen molar-refractivity contribution in [3.05, 3.63) is 65.9 Å². The predicted molar refractivity (Wildman–Crippen MR) is 142 cm³/mol. The standard InChI is InChI=1S/C29H32F2N6O4/c1-27(40)7-5-19(6-8-27)37-16-28(17-37,15-24(38)34-29(9-10-29)26-32-11-2-12-33-26)35-25(39)22-14-23(41-36-22)20-4-3-18(30)13-21(20)31/h2-4,11-14,19,40H,5-10,15-17H2,1H3,(H,34,38)(H,35,39). The summed E-state index contributed by atoms with van der Waals surface area (Å²) in [6, 6.07) is 6.30. The first-order chi connectivity index (χ1) is 19.6. The summed E-state index contributed by atoms with van der Waals surface area (Å²) in [6.45, 7) is 2.75. The minimum atomic E-state index is -0.866. The van der Waals surface area contributed by atoms with Crippen molar-refractivity contribution in [3.8, 4) is 11.3 Å². The van der Waals surface area contributed by atoms with Crippen LogP contribution in [0.2, 0.25) is 0 Å². The molecule has 3 heterocycles. The maximum absolute atomic E-state index is 14.3. The van der Waals surface area contributed by atoms with E-state index in [-0.39, 0.29) is 35.4 Å². The number of carbonyl (C=O) groups is 2. The molecule has 3 aliphatic rings. The Kier molecular flexibility index (Phi) is 6.85. The second kappa shape index (κ2) is 10.3. The lowest BCUT2D eigenvalue weighted by Crippen LogP contribution is -2.73. The van der Waals surface area contributed by atoms with Crippen molar-refractivity contribution in [2.75, 3.05) is 13.1 Å². The van der Waals surface area contributed by atoms with E-state index < -0.39 is 34.2 Å². The fourth-order valence-corrected chi connectivity index (χ4v) is 6.01. The van der Waals surface area contributed by atoms with Crippen molar-refractivity contribution in [1.29, 1.82) is 0 Å². The number of hydrogen-bond donors (Lipinski definition) is 3. The average Bonchev–Trinajstić information content (AvgIpc) is 3.52. The zero-order chi connectivity index (χ0) is 28.8. The van der Waals surface area contributed by atoms with Crippen molar-refractivity contribution >= 4 is 11.8 Å². The molecule has 3 N–H and O–H groups in total. The molecule has 1 aliphatic heterocycles. The van der Waals surface area contributed by atoms with Gasteiger partial charge in [0.1, 0.15) is 11.6 Å². The van der Waals surface area contributed by atoms with Crippen LogP contribution in [0.15, 0.2) is 47.2 Å². The maximum atomic E-state index is 14.3. The van der Waals surface area contributed by atoms with E-state index in [9.17, 15) is 23.5 Å². The third kappa shape index (κ3) is 5.71. The summed E-state index contributed by atoms with van der Waals surface area (Å²) in [6.07, 6.45) is 7.82. The summed E-state index contributed by atoms with van der Waals surface area (Å²) in [5, 5.41) is 20.3. The Morgan fingerprint density at radius 3 is 2.44 bits per heavy atom. The molecule has 2 amide bonds. The number of likely N-dealkylation sites (tertiary alicyclic amines) is 1. The van der Waals surface area contributed by atoms with Crippen molar-refractivity contribution in [2.45, 2.75) is 74.6 Å². The number of aliphatic hydroxyl groups is 1. The number of nitrogens with one attached hydrogen (secondary N) is 2. The van der Waals surface area contributed by atoms with Crippen molar-refractivity contribution in [3.63, 3.8) is 0 Å². The summed E-state index contributed by atoms with van der Waals surface area (Å²) < 4.78 is 32.8. The fourth-order valence-electron chi connectivity index (χ4n) is 6.01. The summed E-state index contributed by atoms with van der Waals surface area (Å²) >= 11 is 0. The van der Waals surface area contributed by atoms with Gasteiger partial charge < -0.3 is 20.3 Å².